The van der Waals surface area contributed by atoms with Crippen molar-refractivity contribution in [2.75, 3.05) is 47.8 Å². The third-order valence-electron chi connectivity index (χ3n) is 6.01. The molecule has 7 heteroatoms. The Morgan fingerprint density at radius 2 is 1.62 bits per heavy atom. The Kier molecular flexibility index (Phi) is 7.32. The minimum atomic E-state index is -0.138. The Bertz CT molecular complexity index is 1110. The van der Waals surface area contributed by atoms with Gasteiger partial charge in [0.25, 0.3) is 0 Å². The number of nitrogens with one attached hydrogen (secondary N) is 1. The third kappa shape index (κ3) is 5.67. The van der Waals surface area contributed by atoms with Crippen molar-refractivity contribution < 1.29 is 14.7 Å². The second-order valence-electron chi connectivity index (χ2n) is 8.27. The topological polar surface area (TPSA) is 76.1 Å². The summed E-state index contributed by atoms with van der Waals surface area (Å²) in [5, 5.41) is 12.6. The summed E-state index contributed by atoms with van der Waals surface area (Å²) in [6.07, 6.45) is 0.300. The second-order valence-corrected chi connectivity index (χ2v) is 8.27. The molecule has 4 rings (SSSR count). The lowest BCUT2D eigenvalue weighted by atomic mass is 10.1. The summed E-state index contributed by atoms with van der Waals surface area (Å²) in [5.74, 6) is 0.278. The molecule has 1 aliphatic heterocycles. The molecule has 2 N–H and O–H groups in total. The standard InChI is InChI=1S/C27H30N4O3/c1-2-31(23-7-4-3-5-8-23)26(33)19-21-11-13-22(14-12-21)28-27(34)30-17-15-29(16-18-30)24-9-6-10-25(32)20-24/h3-14,20,32H,2,15-19H2,1H3,(H,28,34). The van der Waals surface area contributed by atoms with E-state index in [2.05, 4.69) is 10.2 Å². The van der Waals surface area contributed by atoms with Crippen molar-refractivity contribution in [1.29, 1.82) is 0 Å². The molecule has 0 atom stereocenters. The van der Waals surface area contributed by atoms with Crippen LogP contribution in [0.2, 0.25) is 0 Å². The molecule has 0 saturated carbocycles. The Balaban J connectivity index is 1.29. The number of anilines is 3. The first-order valence-electron chi connectivity index (χ1n) is 11.6. The van der Waals surface area contributed by atoms with Gasteiger partial charge in [-0.05, 0) is 48.9 Å². The molecular weight excluding hydrogens is 428 g/mol. The number of piperazine rings is 1. The van der Waals surface area contributed by atoms with Gasteiger partial charge in [0.15, 0.2) is 0 Å². The van der Waals surface area contributed by atoms with Crippen molar-refractivity contribution in [2.45, 2.75) is 13.3 Å². The normalized spacial score (nSPS) is 13.4. The monoisotopic (exact) mass is 458 g/mol. The van der Waals surface area contributed by atoms with Crippen molar-refractivity contribution in [2.24, 2.45) is 0 Å². The van der Waals surface area contributed by atoms with E-state index in [-0.39, 0.29) is 17.7 Å². The summed E-state index contributed by atoms with van der Waals surface area (Å²) in [4.78, 5) is 31.2. The van der Waals surface area contributed by atoms with Gasteiger partial charge in [-0.15, -0.1) is 0 Å². The Morgan fingerprint density at radius 3 is 2.26 bits per heavy atom. The number of urea groups is 1. The molecule has 1 aliphatic rings. The molecule has 0 radical (unpaired) electrons. The van der Waals surface area contributed by atoms with Gasteiger partial charge in [0.2, 0.25) is 5.91 Å². The van der Waals surface area contributed by atoms with E-state index in [9.17, 15) is 14.7 Å². The average molecular weight is 459 g/mol. The van der Waals surface area contributed by atoms with Crippen LogP contribution in [0, 0.1) is 0 Å². The first kappa shape index (κ1) is 23.2. The summed E-state index contributed by atoms with van der Waals surface area (Å²) < 4.78 is 0. The number of hydrogen-bond donors (Lipinski definition) is 2. The minimum absolute atomic E-state index is 0.0371. The first-order valence-corrected chi connectivity index (χ1v) is 11.6. The predicted octanol–water partition coefficient (Wildman–Crippen LogP) is 4.34. The lowest BCUT2D eigenvalue weighted by Gasteiger charge is -2.36. The molecular formula is C27H30N4O3. The van der Waals surface area contributed by atoms with Crippen molar-refractivity contribution >= 4 is 29.0 Å². The highest BCUT2D eigenvalue weighted by Crippen LogP contribution is 2.22. The number of phenolic OH excluding ortho intramolecular Hbond substituents is 1. The van der Waals surface area contributed by atoms with Gasteiger partial charge in [-0.3, -0.25) is 4.79 Å². The maximum Gasteiger partial charge on any atom is 0.321 e. The maximum atomic E-state index is 12.8. The van der Waals surface area contributed by atoms with Crippen molar-refractivity contribution in [1.82, 2.24) is 4.90 Å². The van der Waals surface area contributed by atoms with Crippen LogP contribution < -0.4 is 15.1 Å². The first-order chi connectivity index (χ1) is 16.5. The van der Waals surface area contributed by atoms with E-state index in [1.54, 1.807) is 21.9 Å². The smallest absolute Gasteiger partial charge is 0.321 e. The summed E-state index contributed by atoms with van der Waals surface area (Å²) >= 11 is 0. The fourth-order valence-electron chi connectivity index (χ4n) is 4.15. The van der Waals surface area contributed by atoms with Crippen LogP contribution in [0.1, 0.15) is 12.5 Å². The van der Waals surface area contributed by atoms with Gasteiger partial charge in [0.05, 0.1) is 6.42 Å². The molecule has 0 spiro atoms. The number of phenols is 1. The van der Waals surface area contributed by atoms with E-state index >= 15 is 0 Å². The highest BCUT2D eigenvalue weighted by Gasteiger charge is 2.21. The molecule has 3 amide bonds. The largest absolute Gasteiger partial charge is 0.508 e. The lowest BCUT2D eigenvalue weighted by Crippen LogP contribution is -2.50. The predicted molar refractivity (Wildman–Crippen MR) is 136 cm³/mol. The molecule has 0 aromatic heterocycles. The van der Waals surface area contributed by atoms with E-state index in [4.69, 9.17) is 0 Å². The molecule has 3 aromatic rings. The number of nitrogens with zero attached hydrogens (tertiary/aromatic N) is 3. The summed E-state index contributed by atoms with van der Waals surface area (Å²) in [5.41, 5.74) is 3.45. The molecule has 0 bridgehead atoms. The average Bonchev–Trinajstić information content (AvgIpc) is 2.86. The molecule has 1 fully saturated rings. The molecule has 0 aliphatic carbocycles. The van der Waals surface area contributed by atoms with Crippen LogP contribution in [0.4, 0.5) is 21.9 Å². The van der Waals surface area contributed by atoms with E-state index in [1.807, 2.05) is 73.7 Å². The number of para-hydroxylation sites is 1. The molecule has 1 heterocycles. The van der Waals surface area contributed by atoms with Crippen LogP contribution in [-0.2, 0) is 11.2 Å². The van der Waals surface area contributed by atoms with Crippen LogP contribution in [0.25, 0.3) is 0 Å². The Labute approximate surface area is 200 Å². The lowest BCUT2D eigenvalue weighted by molar-refractivity contribution is -0.117. The van der Waals surface area contributed by atoms with Gasteiger partial charge in [-0.2, -0.15) is 0 Å². The van der Waals surface area contributed by atoms with E-state index in [0.29, 0.717) is 44.8 Å². The third-order valence-corrected chi connectivity index (χ3v) is 6.01. The Hall–Kier alpha value is -4.00. The van der Waals surface area contributed by atoms with E-state index in [1.165, 1.54) is 0 Å². The van der Waals surface area contributed by atoms with Crippen molar-refractivity contribution in [3.63, 3.8) is 0 Å². The number of hydrogen-bond acceptors (Lipinski definition) is 4. The van der Waals surface area contributed by atoms with Crippen LogP contribution >= 0.6 is 0 Å². The zero-order valence-corrected chi connectivity index (χ0v) is 19.4. The van der Waals surface area contributed by atoms with Gasteiger partial charge < -0.3 is 25.1 Å². The van der Waals surface area contributed by atoms with Crippen LogP contribution in [-0.4, -0.2) is 54.7 Å². The van der Waals surface area contributed by atoms with Gasteiger partial charge >= 0.3 is 6.03 Å². The molecule has 1 saturated heterocycles. The number of amides is 3. The van der Waals surface area contributed by atoms with Crippen molar-refractivity contribution in [3.05, 3.63) is 84.4 Å². The summed E-state index contributed by atoms with van der Waals surface area (Å²) in [6, 6.07) is 24.1. The second kappa shape index (κ2) is 10.7. The summed E-state index contributed by atoms with van der Waals surface area (Å²) in [6.45, 7) is 5.17. The zero-order valence-electron chi connectivity index (χ0n) is 19.4. The number of likely N-dealkylation sites (N-methyl/N-ethyl adjacent to an activating group) is 1. The van der Waals surface area contributed by atoms with E-state index < -0.39 is 0 Å². The number of aromatic hydroxyl groups is 1. The highest BCUT2D eigenvalue weighted by atomic mass is 16.3. The quantitative estimate of drug-likeness (QED) is 0.576. The molecule has 3 aromatic carbocycles. The van der Waals surface area contributed by atoms with Crippen LogP contribution in [0.3, 0.4) is 0 Å². The van der Waals surface area contributed by atoms with Gasteiger partial charge in [-0.1, -0.05) is 36.4 Å². The SMILES string of the molecule is CCN(C(=O)Cc1ccc(NC(=O)N2CCN(c3cccc(O)c3)CC2)cc1)c1ccccc1. The number of carbonyl (C=O) groups is 2. The zero-order chi connectivity index (χ0) is 23.9. The Morgan fingerprint density at radius 1 is 0.912 bits per heavy atom. The number of benzene rings is 3. The summed E-state index contributed by atoms with van der Waals surface area (Å²) in [7, 11) is 0. The number of rotatable bonds is 6. The molecule has 7 nitrogen and oxygen atoms in total. The van der Waals surface area contributed by atoms with Gasteiger partial charge in [0, 0.05) is 55.9 Å². The molecule has 176 valence electrons. The van der Waals surface area contributed by atoms with E-state index in [0.717, 1.165) is 16.9 Å². The van der Waals surface area contributed by atoms with Gasteiger partial charge in [-0.25, -0.2) is 4.79 Å². The fourth-order valence-corrected chi connectivity index (χ4v) is 4.15. The minimum Gasteiger partial charge on any atom is -0.508 e. The maximum absolute atomic E-state index is 12.8. The van der Waals surface area contributed by atoms with Gasteiger partial charge in [0.1, 0.15) is 5.75 Å². The highest BCUT2D eigenvalue weighted by molar-refractivity contribution is 5.95. The fraction of sp³-hybridized carbons (Fsp3) is 0.259. The van der Waals surface area contributed by atoms with Crippen molar-refractivity contribution in [3.8, 4) is 5.75 Å². The molecule has 34 heavy (non-hydrogen) atoms. The molecule has 0 unspecified atom stereocenters. The van der Waals surface area contributed by atoms with Crippen LogP contribution in [0.15, 0.2) is 78.9 Å². The van der Waals surface area contributed by atoms with Crippen LogP contribution in [0.5, 0.6) is 5.75 Å². The number of carbonyl (C=O) groups excluding carboxylic acids is 2.